The number of nitriles is 1. The molecule has 1 saturated heterocycles. The number of rotatable bonds is 10. The summed E-state index contributed by atoms with van der Waals surface area (Å²) in [5, 5.41) is 30.6. The van der Waals surface area contributed by atoms with E-state index in [0.29, 0.717) is 34.6 Å². The summed E-state index contributed by atoms with van der Waals surface area (Å²) in [6.45, 7) is 6.99. The molecule has 0 amide bonds. The maximum absolute atomic E-state index is 11.5. The smallest absolute Gasteiger partial charge is 1.00 e. The van der Waals surface area contributed by atoms with Gasteiger partial charge in [0.1, 0.15) is 24.2 Å². The van der Waals surface area contributed by atoms with Crippen LogP contribution in [0.5, 0.6) is 34.5 Å². The van der Waals surface area contributed by atoms with E-state index in [0.717, 1.165) is 30.1 Å². The molecule has 34 nitrogen and oxygen atoms in total. The van der Waals surface area contributed by atoms with Crippen LogP contribution in [0.1, 0.15) is 99.3 Å². The van der Waals surface area contributed by atoms with Crippen LogP contribution in [0.2, 0.25) is 47.4 Å². The van der Waals surface area contributed by atoms with E-state index in [2.05, 4.69) is 173 Å². The van der Waals surface area contributed by atoms with Crippen LogP contribution in [0.25, 0.3) is 22.2 Å². The van der Waals surface area contributed by atoms with Gasteiger partial charge >= 0.3 is 57.0 Å². The molecule has 10 aromatic heterocycles. The number of carbonyl (C=O) groups is 4. The molecule has 3 N–H and O–H groups in total. The first-order valence-electron chi connectivity index (χ1n) is 28.1. The summed E-state index contributed by atoms with van der Waals surface area (Å²) in [4.78, 5) is 124. The number of methoxy groups -OCH3 is 5. The van der Waals surface area contributed by atoms with Gasteiger partial charge in [-0.1, -0.05) is 41.4 Å². The fraction of sp³-hybridized carbons (Fsp3) is 0.254. The zero-order valence-corrected chi connectivity index (χ0v) is 75.0. The number of aromatic carboxylic acids is 1. The number of alkyl halides is 1. The number of thiol groups is 1. The molecular weight excluding hydrogens is 2010 g/mol. The van der Waals surface area contributed by atoms with E-state index >= 15 is 0 Å². The molecule has 11 rings (SSSR count). The van der Waals surface area contributed by atoms with Crippen molar-refractivity contribution in [3.63, 3.8) is 0 Å². The number of nitrogens with one attached hydrogen (secondary N) is 1. The third kappa shape index (κ3) is 43.2. The van der Waals surface area contributed by atoms with Gasteiger partial charge < -0.3 is 72.5 Å². The monoisotopic (exact) mass is 2060 g/mol. The van der Waals surface area contributed by atoms with Crippen LogP contribution < -0.4 is 56.8 Å². The predicted molar refractivity (Wildman–Crippen MR) is 438 cm³/mol. The van der Waals surface area contributed by atoms with Crippen molar-refractivity contribution in [2.24, 2.45) is 4.30 Å². The van der Waals surface area contributed by atoms with E-state index in [4.69, 9.17) is 152 Å². The normalized spacial score (nSPS) is 9.91. The van der Waals surface area contributed by atoms with Gasteiger partial charge in [-0.25, -0.2) is 84.5 Å². The summed E-state index contributed by atoms with van der Waals surface area (Å²) in [6, 6.07) is 1.70. The number of ether oxygens (including phenoxy) is 5. The largest absolute Gasteiger partial charge is 2.00 e. The summed E-state index contributed by atoms with van der Waals surface area (Å²) in [7, 11) is 11.7. The number of aromatic nitrogens is 16. The maximum Gasteiger partial charge on any atom is 2.00 e. The van der Waals surface area contributed by atoms with E-state index in [9.17, 15) is 28.8 Å². The minimum absolute atomic E-state index is 0. The quantitative estimate of drug-likeness (QED) is 0.0144. The minimum Gasteiger partial charge on any atom is -1.00 e. The van der Waals surface area contributed by atoms with Crippen LogP contribution in [0.15, 0.2) is 84.8 Å². The Morgan fingerprint density at radius 2 is 0.964 bits per heavy atom. The molecule has 0 spiro atoms. The van der Waals surface area contributed by atoms with Gasteiger partial charge in [-0.05, 0) is 126 Å². The predicted octanol–water partition coefficient (Wildman–Crippen LogP) is 11.5. The second-order valence-electron chi connectivity index (χ2n) is 18.1. The molecule has 11 heterocycles. The van der Waals surface area contributed by atoms with Crippen LogP contribution >= 0.6 is 180 Å². The van der Waals surface area contributed by atoms with E-state index in [1.807, 2.05) is 6.92 Å². The SMILES string of the molecule is BrB(Br)Br.C.C1CCNCC1.CC(=O)c1nc(Cl)ncc1O.COc1cnc(Cl)nc1C.COc1cnc(Cl)nc1C(=O)O.COc1cnc(Cl)nc1C(C)=O.COc1cnc(Cl)nc1CBr.COc1cnc(Cl)nc1Cl.N#Cc1coc2cnc(Cl)nc2c1=O.O=Cc1coc2cnc(Cl)nc2c1=O.[B]=NS.[Br-].[CH3-].[Mg+2]. The number of nitrogens with zero attached hydrogens (tertiary/aromatic N) is 18. The first kappa shape index (κ1) is 111. The van der Waals surface area contributed by atoms with Crippen LogP contribution in [0.3, 0.4) is 0 Å². The van der Waals surface area contributed by atoms with Gasteiger partial charge in [0, 0.05) is 19.2 Å². The first-order chi connectivity index (χ1) is 50.7. The number of hydrogen-bond acceptors (Lipinski definition) is 34. The van der Waals surface area contributed by atoms with Crippen molar-refractivity contribution in [1.29, 1.82) is 5.26 Å². The molecule has 0 aliphatic carbocycles. The second kappa shape index (κ2) is 62.2. The Morgan fingerprint density at radius 3 is 1.34 bits per heavy atom. The Kier molecular flexibility index (Phi) is 62.3. The molecule has 0 unspecified atom stereocenters. The van der Waals surface area contributed by atoms with Crippen LogP contribution in [0, 0.1) is 25.7 Å². The van der Waals surface area contributed by atoms with Crippen molar-refractivity contribution in [1.82, 2.24) is 85.1 Å². The molecule has 1 fully saturated rings. The molecule has 10 aromatic rings. The molecule has 1 aliphatic heterocycles. The van der Waals surface area contributed by atoms with E-state index in [1.54, 1.807) is 32.7 Å². The summed E-state index contributed by atoms with van der Waals surface area (Å²) >= 11 is 65.0. The molecule has 0 bridgehead atoms. The van der Waals surface area contributed by atoms with Crippen molar-refractivity contribution in [2.45, 2.75) is 52.8 Å². The number of ketones is 2. The number of aldehydes is 1. The number of hydrogen-bond donors (Lipinski definition) is 4. The number of piperidine rings is 1. The van der Waals surface area contributed by atoms with Gasteiger partial charge in [0.05, 0.1) is 102 Å². The Balaban J connectivity index is -0.000000574. The standard InChI is InChI=1S/C8H2ClN3O2.C8H3ClN2O3.C7H7ClN2O2.C6H6BrClN2O.C6H5ClN2O3.C6H5ClN2O2.C6H7ClN2O.C5H4Cl2N2O.C5H11N.CH4.CH3.BBr3.BHNS.BrH.Mg/c9-8-11-2-5-6(12-8)7(13)4(1-10)3-14-5;9-8-10-1-5-6(11-8)7(13)4(2-12)3-14-5;1-4(11)6-5(12-2)3-9-7(8)10-6;1-11-5-3-9-6(8)10-4(5)2-7;1-12-3-2-8-6(7)9-4(3)5(10)11;1-3(10)5-4(11)2-8-6(7)9-5;1-4-5(10-2)3-8-6(7)9-4;1-10-3-2-8-5(7)9-4(3)6;1-2-4-6-5-3-1;;;2-1(3)4;1-2-3;;/h2-3H;1-3H;3H,1-2H3;3H,2H2,1H3;2H,1H3,(H,10,11);2,11H,1H3;3H,1-2H3;2H,1H3;6H,1-5H2;1H4;1H3;;3H;1H;/q;;;;;;;;;;-1;;;;+2/p-1. The first-order valence-corrected chi connectivity index (χ1v) is 35.8. The van der Waals surface area contributed by atoms with Gasteiger partial charge in [0.2, 0.25) is 53.1 Å². The fourth-order valence-electron chi connectivity index (χ4n) is 6.54. The van der Waals surface area contributed by atoms with Crippen molar-refractivity contribution >= 4 is 260 Å². The average molecular weight is 2070 g/mol. The Morgan fingerprint density at radius 1 is 0.604 bits per heavy atom. The zero-order chi connectivity index (χ0) is 80.9. The topological polar surface area (TPSA) is 470 Å². The number of aromatic hydroxyl groups is 1. The Bertz CT molecular complexity index is 4630. The molecule has 591 valence electrons. The fourth-order valence-corrected chi connectivity index (χ4v) is 8.31. The van der Waals surface area contributed by atoms with Crippen LogP contribution in [0.4, 0.5) is 0 Å². The third-order valence-corrected chi connectivity index (χ3v) is 13.4. The average Bonchev–Trinajstić information content (AvgIpc) is 0.812. The molecule has 52 heteroatoms. The number of fused-ring (bicyclic) bond motifs is 2. The third-order valence-electron chi connectivity index (χ3n) is 11.1. The van der Waals surface area contributed by atoms with Crippen molar-refractivity contribution < 1.29 is 78.9 Å². The Hall–Kier alpha value is -6.15. The van der Waals surface area contributed by atoms with Gasteiger partial charge in [-0.15, -0.1) is 47.3 Å². The minimum atomic E-state index is -1.20. The van der Waals surface area contributed by atoms with Crippen molar-refractivity contribution in [2.75, 3.05) is 48.6 Å². The van der Waals surface area contributed by atoms with Crippen molar-refractivity contribution in [3.8, 4) is 40.6 Å². The van der Waals surface area contributed by atoms with Crippen LogP contribution in [-0.4, -0.2) is 196 Å². The molecular formula is C59H58B2Br5Cl9MgN19O15S. The molecule has 1 radical (unpaired) electrons. The summed E-state index contributed by atoms with van der Waals surface area (Å²) < 4.78 is 37.1. The van der Waals surface area contributed by atoms with E-state index in [1.165, 1.54) is 98.5 Å². The molecule has 0 atom stereocenters. The molecule has 111 heavy (non-hydrogen) atoms. The zero-order valence-electron chi connectivity index (χ0n) is 57.9. The number of carbonyl (C=O) groups excluding carboxylic acids is 3. The van der Waals surface area contributed by atoms with Crippen molar-refractivity contribution in [3.05, 3.63) is 177 Å². The summed E-state index contributed by atoms with van der Waals surface area (Å²) in [5.41, 5.74) is 0.653. The maximum atomic E-state index is 11.5. The van der Waals surface area contributed by atoms with Crippen LogP contribution in [-0.2, 0) is 5.33 Å². The molecule has 0 aromatic carbocycles. The summed E-state index contributed by atoms with van der Waals surface area (Å²) in [5.74, 6) is 0.168. The number of Topliss-reactive ketones (excluding diaryl/α,β-unsaturated/α-hetero) is 2. The number of aryl methyl sites for hydroxylation is 1. The second-order valence-corrected chi connectivity index (χ2v) is 28.4. The van der Waals surface area contributed by atoms with Gasteiger partial charge in [-0.2, -0.15) is 5.26 Å². The van der Waals surface area contributed by atoms with Gasteiger partial charge in [0.15, 0.2) is 96.8 Å². The number of carboxylic acids is 1. The number of halogens is 14. The van der Waals surface area contributed by atoms with Gasteiger partial charge in [0.25, 0.3) is 0 Å². The molecule has 0 saturated carbocycles. The van der Waals surface area contributed by atoms with Gasteiger partial charge in [-0.3, -0.25) is 24.0 Å². The Labute approximate surface area is 745 Å². The number of carboxylic acid groups (broad SMARTS) is 1. The van der Waals surface area contributed by atoms with E-state index in [-0.39, 0.29) is 179 Å². The summed E-state index contributed by atoms with van der Waals surface area (Å²) in [6.07, 6.45) is 17.5. The van der Waals surface area contributed by atoms with E-state index < -0.39 is 16.8 Å². The molecule has 1 aliphatic rings.